The Bertz CT molecular complexity index is 533. The Balaban J connectivity index is 2.03. The molecule has 0 unspecified atom stereocenters. The third kappa shape index (κ3) is 3.78. The van der Waals surface area contributed by atoms with Gasteiger partial charge < -0.3 is 15.5 Å². The Hall–Kier alpha value is -1.95. The number of halogens is 1. The van der Waals surface area contributed by atoms with E-state index in [1.807, 2.05) is 0 Å². The third-order valence-electron chi connectivity index (χ3n) is 3.56. The molecule has 5 nitrogen and oxygen atoms in total. The van der Waals surface area contributed by atoms with E-state index in [-0.39, 0.29) is 11.8 Å². The molecule has 114 valence electrons. The summed E-state index contributed by atoms with van der Waals surface area (Å²) in [6.07, 6.45) is 0.694. The van der Waals surface area contributed by atoms with Crippen LogP contribution in [-0.2, 0) is 4.79 Å². The monoisotopic (exact) mass is 293 g/mol. The first kappa shape index (κ1) is 15.4. The van der Waals surface area contributed by atoms with Gasteiger partial charge in [-0.15, -0.1) is 0 Å². The first-order chi connectivity index (χ1) is 9.99. The minimum absolute atomic E-state index is 0.102. The molecular formula is C15H20FN3O2. The van der Waals surface area contributed by atoms with E-state index >= 15 is 0 Å². The molecule has 0 spiro atoms. The molecule has 1 saturated heterocycles. The van der Waals surface area contributed by atoms with Crippen molar-refractivity contribution in [3.63, 3.8) is 0 Å². The molecular weight excluding hydrogens is 273 g/mol. The van der Waals surface area contributed by atoms with E-state index in [1.165, 1.54) is 18.2 Å². The van der Waals surface area contributed by atoms with Gasteiger partial charge in [-0.05, 0) is 31.5 Å². The number of benzene rings is 1. The van der Waals surface area contributed by atoms with Crippen LogP contribution in [0.15, 0.2) is 24.3 Å². The van der Waals surface area contributed by atoms with E-state index in [0.29, 0.717) is 38.2 Å². The fourth-order valence-corrected chi connectivity index (χ4v) is 2.43. The van der Waals surface area contributed by atoms with E-state index in [9.17, 15) is 14.0 Å². The van der Waals surface area contributed by atoms with Crippen LogP contribution in [0, 0.1) is 5.82 Å². The van der Waals surface area contributed by atoms with Crippen molar-refractivity contribution < 1.29 is 14.0 Å². The van der Waals surface area contributed by atoms with E-state index in [1.54, 1.807) is 22.8 Å². The van der Waals surface area contributed by atoms with Crippen LogP contribution < -0.4 is 5.73 Å². The van der Waals surface area contributed by atoms with Crippen molar-refractivity contribution in [1.82, 2.24) is 9.80 Å². The number of rotatable bonds is 2. The molecule has 6 heteroatoms. The largest absolute Gasteiger partial charge is 0.340 e. The van der Waals surface area contributed by atoms with Gasteiger partial charge in [-0.25, -0.2) is 4.39 Å². The van der Waals surface area contributed by atoms with Gasteiger partial charge in [0, 0.05) is 31.7 Å². The number of nitrogens with two attached hydrogens (primary N) is 1. The standard InChI is InChI=1S/C15H20FN3O2/c1-11(17)14(20)18-6-3-7-19(9-8-18)15(21)12-4-2-5-13(16)10-12/h2,4-5,10-11H,3,6-9,17H2,1H3/t11-/m1/s1. The Morgan fingerprint density at radius 3 is 2.52 bits per heavy atom. The summed E-state index contributed by atoms with van der Waals surface area (Å²) in [5, 5.41) is 0. The second-order valence-corrected chi connectivity index (χ2v) is 5.27. The third-order valence-corrected chi connectivity index (χ3v) is 3.56. The molecule has 0 saturated carbocycles. The van der Waals surface area contributed by atoms with E-state index in [2.05, 4.69) is 0 Å². The van der Waals surface area contributed by atoms with Crippen LogP contribution >= 0.6 is 0 Å². The number of carbonyl (C=O) groups is 2. The van der Waals surface area contributed by atoms with Crippen molar-refractivity contribution in [2.75, 3.05) is 26.2 Å². The molecule has 2 N–H and O–H groups in total. The summed E-state index contributed by atoms with van der Waals surface area (Å²) in [6.45, 7) is 3.70. The molecule has 1 heterocycles. The average Bonchev–Trinajstić information content (AvgIpc) is 2.71. The van der Waals surface area contributed by atoms with Crippen LogP contribution in [0.25, 0.3) is 0 Å². The van der Waals surface area contributed by atoms with Crippen molar-refractivity contribution >= 4 is 11.8 Å². The molecule has 2 amide bonds. The SMILES string of the molecule is C[C@@H](N)C(=O)N1CCCN(C(=O)c2cccc(F)c2)CC1. The van der Waals surface area contributed by atoms with Gasteiger partial charge in [-0.1, -0.05) is 6.07 Å². The van der Waals surface area contributed by atoms with Gasteiger partial charge in [-0.2, -0.15) is 0 Å². The summed E-state index contributed by atoms with van der Waals surface area (Å²) in [7, 11) is 0. The maximum atomic E-state index is 13.2. The highest BCUT2D eigenvalue weighted by molar-refractivity contribution is 5.94. The summed E-state index contributed by atoms with van der Waals surface area (Å²) in [4.78, 5) is 27.6. The molecule has 21 heavy (non-hydrogen) atoms. The summed E-state index contributed by atoms with van der Waals surface area (Å²) in [5.74, 6) is -0.732. The summed E-state index contributed by atoms with van der Waals surface area (Å²) >= 11 is 0. The van der Waals surface area contributed by atoms with Crippen LogP contribution in [-0.4, -0.2) is 53.8 Å². The summed E-state index contributed by atoms with van der Waals surface area (Å²) in [5.41, 5.74) is 5.94. The van der Waals surface area contributed by atoms with Gasteiger partial charge in [0.05, 0.1) is 6.04 Å². The molecule has 1 aromatic rings. The normalized spacial score (nSPS) is 17.3. The Morgan fingerprint density at radius 1 is 1.19 bits per heavy atom. The van der Waals surface area contributed by atoms with Crippen molar-refractivity contribution in [3.8, 4) is 0 Å². The lowest BCUT2D eigenvalue weighted by molar-refractivity contribution is -0.132. The highest BCUT2D eigenvalue weighted by Gasteiger charge is 2.24. The lowest BCUT2D eigenvalue weighted by Gasteiger charge is -2.23. The van der Waals surface area contributed by atoms with Gasteiger partial charge in [0.1, 0.15) is 5.82 Å². The molecule has 1 fully saturated rings. The fourth-order valence-electron chi connectivity index (χ4n) is 2.43. The smallest absolute Gasteiger partial charge is 0.254 e. The fraction of sp³-hybridized carbons (Fsp3) is 0.467. The molecule has 1 aromatic carbocycles. The predicted octanol–water partition coefficient (Wildman–Crippen LogP) is 0.847. The van der Waals surface area contributed by atoms with Crippen LogP contribution in [0.3, 0.4) is 0 Å². The first-order valence-electron chi connectivity index (χ1n) is 7.08. The summed E-state index contributed by atoms with van der Waals surface area (Å²) < 4.78 is 13.2. The molecule has 0 aromatic heterocycles. The Labute approximate surface area is 123 Å². The quantitative estimate of drug-likeness (QED) is 0.879. The zero-order chi connectivity index (χ0) is 15.4. The topological polar surface area (TPSA) is 66.6 Å². The predicted molar refractivity (Wildman–Crippen MR) is 77.1 cm³/mol. The van der Waals surface area contributed by atoms with Gasteiger partial charge >= 0.3 is 0 Å². The Kier molecular flexibility index (Phi) is 4.90. The maximum absolute atomic E-state index is 13.2. The molecule has 0 bridgehead atoms. The lowest BCUT2D eigenvalue weighted by Crippen LogP contribution is -2.44. The van der Waals surface area contributed by atoms with Gasteiger partial charge in [0.15, 0.2) is 0 Å². The van der Waals surface area contributed by atoms with E-state index < -0.39 is 11.9 Å². The molecule has 1 aliphatic rings. The zero-order valence-electron chi connectivity index (χ0n) is 12.1. The first-order valence-corrected chi connectivity index (χ1v) is 7.08. The van der Waals surface area contributed by atoms with Crippen molar-refractivity contribution in [3.05, 3.63) is 35.6 Å². The maximum Gasteiger partial charge on any atom is 0.254 e. The van der Waals surface area contributed by atoms with E-state index in [0.717, 1.165) is 0 Å². The molecule has 0 radical (unpaired) electrons. The molecule has 0 aliphatic carbocycles. The van der Waals surface area contributed by atoms with Gasteiger partial charge in [-0.3, -0.25) is 9.59 Å². The minimum Gasteiger partial charge on any atom is -0.340 e. The van der Waals surface area contributed by atoms with Crippen LogP contribution in [0.1, 0.15) is 23.7 Å². The van der Waals surface area contributed by atoms with Crippen LogP contribution in [0.5, 0.6) is 0 Å². The zero-order valence-corrected chi connectivity index (χ0v) is 12.1. The molecule has 2 rings (SSSR count). The number of nitrogens with zero attached hydrogens (tertiary/aromatic N) is 2. The average molecular weight is 293 g/mol. The number of carbonyl (C=O) groups excluding carboxylic acids is 2. The van der Waals surface area contributed by atoms with Gasteiger partial charge in [0.25, 0.3) is 5.91 Å². The highest BCUT2D eigenvalue weighted by atomic mass is 19.1. The van der Waals surface area contributed by atoms with Crippen molar-refractivity contribution in [1.29, 1.82) is 0 Å². The molecule has 1 atom stereocenters. The van der Waals surface area contributed by atoms with Gasteiger partial charge in [0.2, 0.25) is 5.91 Å². The molecule has 1 aliphatic heterocycles. The highest BCUT2D eigenvalue weighted by Crippen LogP contribution is 2.11. The van der Waals surface area contributed by atoms with Crippen LogP contribution in [0.4, 0.5) is 4.39 Å². The number of hydrogen-bond acceptors (Lipinski definition) is 3. The second kappa shape index (κ2) is 6.67. The van der Waals surface area contributed by atoms with Crippen molar-refractivity contribution in [2.24, 2.45) is 5.73 Å². The number of hydrogen-bond donors (Lipinski definition) is 1. The van der Waals surface area contributed by atoms with Crippen molar-refractivity contribution in [2.45, 2.75) is 19.4 Å². The minimum atomic E-state index is -0.532. The summed E-state index contributed by atoms with van der Waals surface area (Å²) in [6, 6.07) is 5.13. The number of amides is 2. The lowest BCUT2D eigenvalue weighted by atomic mass is 10.2. The van der Waals surface area contributed by atoms with E-state index in [4.69, 9.17) is 5.73 Å². The Morgan fingerprint density at radius 2 is 1.86 bits per heavy atom. The van der Waals surface area contributed by atoms with Crippen LogP contribution in [0.2, 0.25) is 0 Å². The second-order valence-electron chi connectivity index (χ2n) is 5.27.